The molecule has 0 bridgehead atoms. The summed E-state index contributed by atoms with van der Waals surface area (Å²) in [6, 6.07) is 12.5. The molecule has 0 spiro atoms. The first kappa shape index (κ1) is 16.3. The molecule has 27 heavy (non-hydrogen) atoms. The van der Waals surface area contributed by atoms with Crippen molar-refractivity contribution in [2.24, 2.45) is 0 Å². The standard InChI is InChI=1S/C20H16N2O4S/c23-19-14-7-4-8-15(27(25,26)13-5-2-1-3-6-13)16(14)20(24)18(22-11-12-22)17(19)21-9-10-21/h1-8H,9-12H2. The van der Waals surface area contributed by atoms with Gasteiger partial charge in [0, 0.05) is 31.7 Å². The molecule has 0 atom stereocenters. The summed E-state index contributed by atoms with van der Waals surface area (Å²) >= 11 is 0. The van der Waals surface area contributed by atoms with E-state index in [1.807, 2.05) is 9.80 Å². The number of hydrogen-bond donors (Lipinski definition) is 0. The summed E-state index contributed by atoms with van der Waals surface area (Å²) in [5.74, 6) is -0.645. The van der Waals surface area contributed by atoms with Gasteiger partial charge < -0.3 is 9.80 Å². The Kier molecular flexibility index (Phi) is 3.33. The molecule has 0 saturated carbocycles. The predicted molar refractivity (Wildman–Crippen MR) is 97.2 cm³/mol. The molecule has 136 valence electrons. The number of Topliss-reactive ketones (excluding diaryl/α,β-unsaturated/α-hetero) is 2. The van der Waals surface area contributed by atoms with Gasteiger partial charge in [-0.25, -0.2) is 8.42 Å². The van der Waals surface area contributed by atoms with Crippen LogP contribution >= 0.6 is 0 Å². The zero-order chi connectivity index (χ0) is 18.8. The molecule has 0 unspecified atom stereocenters. The van der Waals surface area contributed by atoms with Crippen LogP contribution in [0, 0.1) is 0 Å². The average molecular weight is 380 g/mol. The molecule has 2 heterocycles. The van der Waals surface area contributed by atoms with E-state index in [1.165, 1.54) is 24.3 Å². The van der Waals surface area contributed by atoms with E-state index in [0.29, 0.717) is 24.5 Å². The largest absolute Gasteiger partial charge is 0.363 e. The Labute approximate surface area is 156 Å². The molecule has 0 N–H and O–H groups in total. The minimum atomic E-state index is -3.92. The van der Waals surface area contributed by atoms with E-state index < -0.39 is 9.84 Å². The number of ketones is 2. The Morgan fingerprint density at radius 1 is 0.704 bits per heavy atom. The van der Waals surface area contributed by atoms with Gasteiger partial charge in [-0.15, -0.1) is 0 Å². The summed E-state index contributed by atoms with van der Waals surface area (Å²) in [5, 5.41) is 0. The topological polar surface area (TPSA) is 74.3 Å². The summed E-state index contributed by atoms with van der Waals surface area (Å²) in [5.41, 5.74) is 0.934. The van der Waals surface area contributed by atoms with Crippen LogP contribution in [0.4, 0.5) is 0 Å². The summed E-state index contributed by atoms with van der Waals surface area (Å²) < 4.78 is 26.3. The minimum absolute atomic E-state index is 0.00106. The van der Waals surface area contributed by atoms with Crippen molar-refractivity contribution < 1.29 is 18.0 Å². The van der Waals surface area contributed by atoms with Crippen LogP contribution in [0.15, 0.2) is 69.7 Å². The van der Waals surface area contributed by atoms with Gasteiger partial charge in [-0.2, -0.15) is 0 Å². The lowest BCUT2D eigenvalue weighted by Crippen LogP contribution is -2.30. The van der Waals surface area contributed by atoms with E-state index in [1.54, 1.807) is 24.3 Å². The fraction of sp³-hybridized carbons (Fsp3) is 0.200. The van der Waals surface area contributed by atoms with Crippen molar-refractivity contribution in [2.75, 3.05) is 26.2 Å². The first-order valence-corrected chi connectivity index (χ1v) is 10.2. The third-order valence-corrected chi connectivity index (χ3v) is 6.83. The number of carbonyl (C=O) groups is 2. The lowest BCUT2D eigenvalue weighted by molar-refractivity contribution is 0.0943. The lowest BCUT2D eigenvalue weighted by atomic mass is 9.90. The van der Waals surface area contributed by atoms with Gasteiger partial charge in [0.1, 0.15) is 11.4 Å². The molecule has 6 nitrogen and oxygen atoms in total. The maximum Gasteiger partial charge on any atom is 0.213 e. The van der Waals surface area contributed by atoms with Gasteiger partial charge >= 0.3 is 0 Å². The van der Waals surface area contributed by atoms with E-state index >= 15 is 0 Å². The molecule has 5 rings (SSSR count). The summed E-state index contributed by atoms with van der Waals surface area (Å²) in [7, 11) is -3.92. The monoisotopic (exact) mass is 380 g/mol. The molecule has 2 aromatic carbocycles. The third kappa shape index (κ3) is 2.42. The first-order chi connectivity index (χ1) is 13.0. The van der Waals surface area contributed by atoms with Crippen molar-refractivity contribution in [1.29, 1.82) is 0 Å². The van der Waals surface area contributed by atoms with Crippen LogP contribution in [0.3, 0.4) is 0 Å². The number of allylic oxidation sites excluding steroid dienone is 2. The van der Waals surface area contributed by atoms with Crippen molar-refractivity contribution >= 4 is 21.4 Å². The van der Waals surface area contributed by atoms with Crippen LogP contribution in [-0.4, -0.2) is 56.0 Å². The van der Waals surface area contributed by atoms with Gasteiger partial charge in [0.25, 0.3) is 0 Å². The van der Waals surface area contributed by atoms with Crippen LogP contribution in [0.25, 0.3) is 0 Å². The Hall–Kier alpha value is -2.93. The van der Waals surface area contributed by atoms with Crippen LogP contribution in [0.2, 0.25) is 0 Å². The highest BCUT2D eigenvalue weighted by atomic mass is 32.2. The molecule has 0 amide bonds. The molecule has 2 fully saturated rings. The Morgan fingerprint density at radius 3 is 1.89 bits per heavy atom. The van der Waals surface area contributed by atoms with Gasteiger partial charge in [-0.05, 0) is 18.2 Å². The SMILES string of the molecule is O=C1C(N2CC2)=C(N2CC2)C(=O)c2c1cccc2S(=O)(=O)c1ccccc1. The van der Waals surface area contributed by atoms with Gasteiger partial charge in [-0.1, -0.05) is 30.3 Å². The average Bonchev–Trinajstić information content (AvgIpc) is 3.57. The van der Waals surface area contributed by atoms with Gasteiger partial charge in [0.15, 0.2) is 0 Å². The predicted octanol–water partition coefficient (Wildman–Crippen LogP) is 1.74. The number of sulfone groups is 1. The molecule has 3 aliphatic rings. The van der Waals surface area contributed by atoms with Crippen LogP contribution in [0.5, 0.6) is 0 Å². The van der Waals surface area contributed by atoms with Crippen LogP contribution in [-0.2, 0) is 9.84 Å². The van der Waals surface area contributed by atoms with Crippen molar-refractivity contribution in [3.8, 4) is 0 Å². The van der Waals surface area contributed by atoms with Crippen molar-refractivity contribution in [1.82, 2.24) is 9.80 Å². The quantitative estimate of drug-likeness (QED) is 0.753. The second-order valence-electron chi connectivity index (χ2n) is 6.82. The van der Waals surface area contributed by atoms with E-state index in [4.69, 9.17) is 0 Å². The third-order valence-electron chi connectivity index (χ3n) is 5.02. The number of benzene rings is 2. The number of carbonyl (C=O) groups excluding carboxylic acids is 2. The molecule has 2 aromatic rings. The molecule has 1 aliphatic carbocycles. The maximum absolute atomic E-state index is 13.3. The van der Waals surface area contributed by atoms with Crippen LogP contribution in [0.1, 0.15) is 20.7 Å². The van der Waals surface area contributed by atoms with Crippen molar-refractivity contribution in [3.05, 3.63) is 71.1 Å². The Morgan fingerprint density at radius 2 is 1.30 bits per heavy atom. The van der Waals surface area contributed by atoms with Gasteiger partial charge in [-0.3, -0.25) is 9.59 Å². The fourth-order valence-electron chi connectivity index (χ4n) is 3.50. The number of fused-ring (bicyclic) bond motifs is 1. The Balaban J connectivity index is 1.74. The molecule has 2 saturated heterocycles. The smallest absolute Gasteiger partial charge is 0.213 e. The van der Waals surface area contributed by atoms with Gasteiger partial charge in [0.2, 0.25) is 21.4 Å². The van der Waals surface area contributed by atoms with Crippen molar-refractivity contribution in [2.45, 2.75) is 9.79 Å². The van der Waals surface area contributed by atoms with E-state index in [0.717, 1.165) is 13.1 Å². The van der Waals surface area contributed by atoms with E-state index in [-0.39, 0.29) is 32.5 Å². The summed E-state index contributed by atoms with van der Waals surface area (Å²) in [6.07, 6.45) is 0. The summed E-state index contributed by atoms with van der Waals surface area (Å²) in [4.78, 5) is 30.2. The fourth-order valence-corrected chi connectivity index (χ4v) is 5.00. The van der Waals surface area contributed by atoms with Crippen LogP contribution < -0.4 is 0 Å². The highest BCUT2D eigenvalue weighted by Gasteiger charge is 2.45. The zero-order valence-electron chi connectivity index (χ0n) is 14.4. The van der Waals surface area contributed by atoms with Gasteiger partial charge in [0.05, 0.1) is 15.4 Å². The highest BCUT2D eigenvalue weighted by molar-refractivity contribution is 7.91. The molecule has 7 heteroatoms. The molecule has 0 radical (unpaired) electrons. The normalized spacial score (nSPS) is 18.7. The van der Waals surface area contributed by atoms with E-state index in [9.17, 15) is 18.0 Å². The lowest BCUT2D eigenvalue weighted by Gasteiger charge is -2.24. The molecular weight excluding hydrogens is 364 g/mol. The molecular formula is C20H16N2O4S. The maximum atomic E-state index is 13.3. The first-order valence-electron chi connectivity index (χ1n) is 8.77. The zero-order valence-corrected chi connectivity index (χ0v) is 15.2. The molecule has 2 aliphatic heterocycles. The Bertz CT molecular complexity index is 1130. The van der Waals surface area contributed by atoms with Crippen molar-refractivity contribution in [3.63, 3.8) is 0 Å². The minimum Gasteiger partial charge on any atom is -0.363 e. The number of hydrogen-bond acceptors (Lipinski definition) is 6. The summed E-state index contributed by atoms with van der Waals surface area (Å²) in [6.45, 7) is 2.88. The molecule has 0 aromatic heterocycles. The number of rotatable bonds is 4. The second kappa shape index (κ2) is 5.53. The highest BCUT2D eigenvalue weighted by Crippen LogP contribution is 2.38. The second-order valence-corrected chi connectivity index (χ2v) is 8.74. The van der Waals surface area contributed by atoms with E-state index in [2.05, 4.69) is 0 Å². The number of nitrogens with zero attached hydrogens (tertiary/aromatic N) is 2.